The molecule has 6 rings (SSSR count). The highest BCUT2D eigenvalue weighted by atomic mass is 19.4. The lowest BCUT2D eigenvalue weighted by Gasteiger charge is -2.56. The molecule has 0 aromatic heterocycles. The zero-order valence-electron chi connectivity index (χ0n) is 15.9. The van der Waals surface area contributed by atoms with Gasteiger partial charge in [-0.1, -0.05) is 18.2 Å². The number of halogens is 3. The highest BCUT2D eigenvalue weighted by molar-refractivity contribution is 5.94. The molecule has 0 spiro atoms. The van der Waals surface area contributed by atoms with E-state index in [2.05, 4.69) is 0 Å². The van der Waals surface area contributed by atoms with Crippen LogP contribution in [0.3, 0.4) is 0 Å². The molecule has 3 nitrogen and oxygen atoms in total. The first kappa shape index (κ1) is 18.7. The molecule has 2 atom stereocenters. The number of hydrogen-bond donors (Lipinski definition) is 0. The fraction of sp³-hybridized carbons (Fsp3) is 0.609. The van der Waals surface area contributed by atoms with Crippen LogP contribution in [0.5, 0.6) is 0 Å². The summed E-state index contributed by atoms with van der Waals surface area (Å²) in [6.45, 7) is 0. The summed E-state index contributed by atoms with van der Waals surface area (Å²) in [7, 11) is 0. The summed E-state index contributed by atoms with van der Waals surface area (Å²) in [6, 6.07) is 8.96. The van der Waals surface area contributed by atoms with Gasteiger partial charge in [0.2, 0.25) is 0 Å². The largest absolute Gasteiger partial charge is 0.416 e. The Morgan fingerprint density at radius 1 is 0.966 bits per heavy atom. The lowest BCUT2D eigenvalue weighted by Crippen LogP contribution is -2.50. The molecule has 150 valence electrons. The number of Topliss-reactive ketones (excluding diaryl/α,β-unsaturated/α-hetero) is 1. The van der Waals surface area contributed by atoms with E-state index in [1.807, 2.05) is 12.1 Å². The topological polar surface area (TPSA) is 64.7 Å². The van der Waals surface area contributed by atoms with Crippen LogP contribution in [-0.2, 0) is 11.0 Å². The van der Waals surface area contributed by atoms with Crippen molar-refractivity contribution in [3.8, 4) is 12.1 Å². The molecular weight excluding hydrogens is 377 g/mol. The van der Waals surface area contributed by atoms with Gasteiger partial charge in [0.05, 0.1) is 23.6 Å². The van der Waals surface area contributed by atoms with Crippen LogP contribution in [0, 0.1) is 57.2 Å². The Balaban J connectivity index is 1.55. The number of nitrogens with zero attached hydrogens (tertiary/aromatic N) is 2. The van der Waals surface area contributed by atoms with Crippen LogP contribution in [0.2, 0.25) is 0 Å². The Bertz CT molecular complexity index is 918. The van der Waals surface area contributed by atoms with Crippen molar-refractivity contribution in [2.75, 3.05) is 0 Å². The first-order chi connectivity index (χ1) is 13.7. The van der Waals surface area contributed by atoms with Gasteiger partial charge in [0.1, 0.15) is 5.78 Å². The lowest BCUT2D eigenvalue weighted by molar-refractivity contribution is -0.146. The van der Waals surface area contributed by atoms with Gasteiger partial charge in [0.25, 0.3) is 0 Å². The van der Waals surface area contributed by atoms with Gasteiger partial charge in [-0.3, -0.25) is 4.79 Å². The summed E-state index contributed by atoms with van der Waals surface area (Å²) in [5.41, 5.74) is -3.17. The molecule has 0 radical (unpaired) electrons. The van der Waals surface area contributed by atoms with Crippen LogP contribution in [0.15, 0.2) is 24.3 Å². The minimum atomic E-state index is -4.59. The minimum absolute atomic E-state index is 0.0915. The fourth-order valence-electron chi connectivity index (χ4n) is 7.24. The molecule has 1 aromatic rings. The third kappa shape index (κ3) is 2.51. The molecule has 29 heavy (non-hydrogen) atoms. The summed E-state index contributed by atoms with van der Waals surface area (Å²) in [5, 5.41) is 19.6. The van der Waals surface area contributed by atoms with E-state index in [9.17, 15) is 28.5 Å². The average molecular weight is 398 g/mol. The van der Waals surface area contributed by atoms with Gasteiger partial charge in [-0.25, -0.2) is 0 Å². The molecule has 1 aromatic carbocycles. The van der Waals surface area contributed by atoms with Crippen molar-refractivity contribution in [1.29, 1.82) is 10.5 Å². The van der Waals surface area contributed by atoms with Crippen molar-refractivity contribution < 1.29 is 18.0 Å². The highest BCUT2D eigenvalue weighted by Gasteiger charge is 2.74. The van der Waals surface area contributed by atoms with E-state index < -0.39 is 34.4 Å². The van der Waals surface area contributed by atoms with Gasteiger partial charge in [-0.15, -0.1) is 0 Å². The predicted molar refractivity (Wildman–Crippen MR) is 96.9 cm³/mol. The Labute approximate surface area is 167 Å². The van der Waals surface area contributed by atoms with E-state index in [1.165, 1.54) is 18.2 Å². The predicted octanol–water partition coefficient (Wildman–Crippen LogP) is 5.24. The maximum atomic E-state index is 13.8. The van der Waals surface area contributed by atoms with E-state index in [0.29, 0.717) is 17.8 Å². The Hall–Kier alpha value is -2.34. The second-order valence-electron chi connectivity index (χ2n) is 9.70. The number of alkyl halides is 3. The maximum absolute atomic E-state index is 13.8. The van der Waals surface area contributed by atoms with E-state index in [4.69, 9.17) is 0 Å². The second kappa shape index (κ2) is 5.85. The first-order valence-electron chi connectivity index (χ1n) is 10.3. The first-order valence-corrected chi connectivity index (χ1v) is 10.3. The molecule has 4 bridgehead atoms. The van der Waals surface area contributed by atoms with Crippen molar-refractivity contribution in [3.05, 3.63) is 35.4 Å². The summed E-state index contributed by atoms with van der Waals surface area (Å²) in [6.07, 6.45) is 1.14. The number of hydrogen-bond acceptors (Lipinski definition) is 3. The zero-order chi connectivity index (χ0) is 20.6. The van der Waals surface area contributed by atoms with Gasteiger partial charge in [-0.2, -0.15) is 23.7 Å². The average Bonchev–Trinajstić information content (AvgIpc) is 3.34. The number of carbonyl (C=O) groups is 1. The van der Waals surface area contributed by atoms with Crippen molar-refractivity contribution in [3.63, 3.8) is 0 Å². The zero-order valence-corrected chi connectivity index (χ0v) is 15.9. The molecule has 0 aliphatic heterocycles. The van der Waals surface area contributed by atoms with Gasteiger partial charge >= 0.3 is 6.18 Å². The highest BCUT2D eigenvalue weighted by Crippen LogP contribution is 2.70. The SMILES string of the molecule is N#CC1(C#N)C(C(=O)C23CC4CC(CC(C4)C2)C3)C1c1ccccc1C(F)(F)F. The quantitative estimate of drug-likeness (QED) is 0.700. The number of benzene rings is 1. The molecule has 0 saturated heterocycles. The molecular formula is C23H21F3N2O. The van der Waals surface area contributed by atoms with E-state index in [1.54, 1.807) is 0 Å². The molecule has 6 heteroatoms. The molecule has 0 N–H and O–H groups in total. The molecule has 2 unspecified atom stereocenters. The number of ketones is 1. The molecule has 5 aliphatic rings. The van der Waals surface area contributed by atoms with Crippen molar-refractivity contribution >= 4 is 5.78 Å². The van der Waals surface area contributed by atoms with Gasteiger partial charge in [0.15, 0.2) is 5.41 Å². The number of rotatable bonds is 3. The third-order valence-corrected chi connectivity index (χ3v) is 8.02. The molecule has 5 aliphatic carbocycles. The normalized spacial score (nSPS) is 38.9. The van der Waals surface area contributed by atoms with E-state index >= 15 is 0 Å². The summed E-state index contributed by atoms with van der Waals surface area (Å²) in [4.78, 5) is 13.8. The van der Waals surface area contributed by atoms with Crippen LogP contribution in [0.25, 0.3) is 0 Å². The van der Waals surface area contributed by atoms with Crippen LogP contribution < -0.4 is 0 Å². The number of nitriles is 2. The minimum Gasteiger partial charge on any atom is -0.299 e. The molecule has 0 amide bonds. The van der Waals surface area contributed by atoms with Crippen molar-refractivity contribution in [2.45, 2.75) is 50.6 Å². The Morgan fingerprint density at radius 3 is 1.97 bits per heavy atom. The van der Waals surface area contributed by atoms with Gasteiger partial charge in [-0.05, 0) is 67.9 Å². The van der Waals surface area contributed by atoms with Gasteiger partial charge in [0, 0.05) is 11.3 Å². The van der Waals surface area contributed by atoms with Crippen LogP contribution in [0.4, 0.5) is 13.2 Å². The summed E-state index contributed by atoms with van der Waals surface area (Å²) >= 11 is 0. The maximum Gasteiger partial charge on any atom is 0.416 e. The lowest BCUT2D eigenvalue weighted by atomic mass is 9.48. The molecule has 5 fully saturated rings. The van der Waals surface area contributed by atoms with Crippen molar-refractivity contribution in [1.82, 2.24) is 0 Å². The molecule has 5 saturated carbocycles. The van der Waals surface area contributed by atoms with Gasteiger partial charge < -0.3 is 0 Å². The Kier molecular flexibility index (Phi) is 3.77. The van der Waals surface area contributed by atoms with Crippen LogP contribution in [0.1, 0.15) is 55.6 Å². The number of carbonyl (C=O) groups excluding carboxylic acids is 1. The summed E-state index contributed by atoms with van der Waals surface area (Å²) in [5.74, 6) is -0.579. The van der Waals surface area contributed by atoms with Crippen LogP contribution in [-0.4, -0.2) is 5.78 Å². The molecule has 0 heterocycles. The van der Waals surface area contributed by atoms with E-state index in [0.717, 1.165) is 44.6 Å². The second-order valence-corrected chi connectivity index (χ2v) is 9.70. The van der Waals surface area contributed by atoms with Crippen LogP contribution >= 0.6 is 0 Å². The smallest absolute Gasteiger partial charge is 0.299 e. The monoisotopic (exact) mass is 398 g/mol. The standard InChI is InChI=1S/C23H21F3N2O/c24-23(25,26)17-4-2-1-3-16(17)18-19(22(18,11-27)12-28)20(29)21-8-13-5-14(9-21)7-15(6-13)10-21/h1-4,13-15,18-19H,5-10H2. The van der Waals surface area contributed by atoms with E-state index in [-0.39, 0.29) is 11.3 Å². The summed E-state index contributed by atoms with van der Waals surface area (Å²) < 4.78 is 40.8. The third-order valence-electron chi connectivity index (χ3n) is 8.02. The van der Waals surface area contributed by atoms with Crippen molar-refractivity contribution in [2.24, 2.45) is 34.5 Å². The Morgan fingerprint density at radius 2 is 1.48 bits per heavy atom. The fourth-order valence-corrected chi connectivity index (χ4v) is 7.24.